The van der Waals surface area contributed by atoms with Gasteiger partial charge in [-0.2, -0.15) is 0 Å². The lowest BCUT2D eigenvalue weighted by Crippen LogP contribution is -2.45. The molecule has 71 heavy (non-hydrogen) atoms. The summed E-state index contributed by atoms with van der Waals surface area (Å²) < 4.78 is 5.50. The van der Waals surface area contributed by atoms with Crippen LogP contribution in [-0.4, -0.2) is 47.4 Å². The molecule has 0 saturated heterocycles. The number of aliphatic hydroxyl groups is 2. The van der Waals surface area contributed by atoms with Crippen LogP contribution in [0.4, 0.5) is 0 Å². The van der Waals surface area contributed by atoms with Crippen molar-refractivity contribution in [3.8, 4) is 0 Å². The van der Waals surface area contributed by atoms with Gasteiger partial charge in [-0.1, -0.05) is 341 Å². The van der Waals surface area contributed by atoms with E-state index in [0.29, 0.717) is 25.9 Å². The number of esters is 1. The van der Waals surface area contributed by atoms with E-state index in [9.17, 15) is 19.8 Å². The Hall–Kier alpha value is -1.14. The average Bonchev–Trinajstić information content (AvgIpc) is 3.37. The van der Waals surface area contributed by atoms with Crippen LogP contribution in [0, 0.1) is 0 Å². The van der Waals surface area contributed by atoms with Crippen molar-refractivity contribution in [2.75, 3.05) is 13.2 Å². The minimum Gasteiger partial charge on any atom is -0.466 e. The van der Waals surface area contributed by atoms with Crippen LogP contribution >= 0.6 is 0 Å². The SMILES string of the molecule is CCCCCCCCCCCCCCCCCCCCC(=O)OCCCCCCCCCCCCCCCCCCCCC(=O)NC(CO)C(O)CCCCCCCCCCCCCCCCCCCC. The van der Waals surface area contributed by atoms with Gasteiger partial charge in [-0.3, -0.25) is 9.59 Å². The molecule has 0 bridgehead atoms. The molecule has 0 saturated carbocycles. The first-order valence-corrected chi connectivity index (χ1v) is 32.8. The van der Waals surface area contributed by atoms with Crippen molar-refractivity contribution in [1.29, 1.82) is 0 Å². The normalized spacial score (nSPS) is 12.5. The molecule has 0 aromatic rings. The zero-order chi connectivity index (χ0) is 51.4. The number of amides is 1. The van der Waals surface area contributed by atoms with E-state index in [2.05, 4.69) is 19.2 Å². The van der Waals surface area contributed by atoms with Crippen LogP contribution in [0.15, 0.2) is 0 Å². The summed E-state index contributed by atoms with van der Waals surface area (Å²) in [6.07, 6.45) is 72.6. The third kappa shape index (κ3) is 58.0. The number of unbranched alkanes of at least 4 members (excludes halogenated alkanes) is 51. The topological polar surface area (TPSA) is 95.9 Å². The van der Waals surface area contributed by atoms with Gasteiger partial charge in [0.1, 0.15) is 0 Å². The molecule has 0 rings (SSSR count). The summed E-state index contributed by atoms with van der Waals surface area (Å²) in [6.45, 7) is 4.99. The maximum atomic E-state index is 12.5. The molecule has 1 amide bonds. The predicted molar refractivity (Wildman–Crippen MR) is 310 cm³/mol. The maximum absolute atomic E-state index is 12.5. The molecule has 0 spiro atoms. The fourth-order valence-corrected chi connectivity index (χ4v) is 10.6. The maximum Gasteiger partial charge on any atom is 0.305 e. The third-order valence-electron chi connectivity index (χ3n) is 15.7. The van der Waals surface area contributed by atoms with Gasteiger partial charge in [-0.15, -0.1) is 0 Å². The van der Waals surface area contributed by atoms with Gasteiger partial charge in [0.05, 0.1) is 25.4 Å². The first kappa shape index (κ1) is 69.9. The highest BCUT2D eigenvalue weighted by Crippen LogP contribution is 2.19. The minimum absolute atomic E-state index is 0.0132. The van der Waals surface area contributed by atoms with Crippen LogP contribution < -0.4 is 5.32 Å². The molecule has 6 heteroatoms. The van der Waals surface area contributed by atoms with Crippen molar-refractivity contribution in [2.45, 2.75) is 392 Å². The molecule has 0 radical (unpaired) electrons. The summed E-state index contributed by atoms with van der Waals surface area (Å²) in [5, 5.41) is 23.4. The van der Waals surface area contributed by atoms with Crippen LogP contribution in [0.5, 0.6) is 0 Å². The molecule has 0 aromatic carbocycles. The third-order valence-corrected chi connectivity index (χ3v) is 15.7. The fourth-order valence-electron chi connectivity index (χ4n) is 10.6. The average molecular weight is 1000 g/mol. The van der Waals surface area contributed by atoms with Gasteiger partial charge in [0.25, 0.3) is 0 Å². The Morgan fingerprint density at radius 3 is 0.859 bits per heavy atom. The van der Waals surface area contributed by atoms with Gasteiger partial charge < -0.3 is 20.3 Å². The van der Waals surface area contributed by atoms with Crippen LogP contribution in [0.25, 0.3) is 0 Å². The monoisotopic (exact) mass is 1000 g/mol. The number of rotatable bonds is 62. The van der Waals surface area contributed by atoms with E-state index >= 15 is 0 Å². The van der Waals surface area contributed by atoms with Crippen LogP contribution in [0.1, 0.15) is 380 Å². The van der Waals surface area contributed by atoms with Gasteiger partial charge in [0.2, 0.25) is 5.91 Å². The lowest BCUT2D eigenvalue weighted by atomic mass is 10.0. The number of hydrogen-bond acceptors (Lipinski definition) is 5. The lowest BCUT2D eigenvalue weighted by Gasteiger charge is -2.22. The second kappa shape index (κ2) is 61.4. The van der Waals surface area contributed by atoms with Gasteiger partial charge in [0.15, 0.2) is 0 Å². The first-order chi connectivity index (χ1) is 35.0. The van der Waals surface area contributed by atoms with Crippen molar-refractivity contribution >= 4 is 11.9 Å². The molecular weight excluding hydrogens is 875 g/mol. The molecule has 0 aliphatic rings. The molecule has 2 unspecified atom stereocenters. The molecule has 0 fully saturated rings. The Balaban J connectivity index is 3.37. The van der Waals surface area contributed by atoms with E-state index in [0.717, 1.165) is 38.5 Å². The fraction of sp³-hybridized carbons (Fsp3) is 0.969. The molecule has 0 aliphatic carbocycles. The summed E-state index contributed by atoms with van der Waals surface area (Å²) in [7, 11) is 0. The quantitative estimate of drug-likeness (QED) is 0.0417. The van der Waals surface area contributed by atoms with E-state index in [1.807, 2.05) is 0 Å². The van der Waals surface area contributed by atoms with E-state index < -0.39 is 12.1 Å². The summed E-state index contributed by atoms with van der Waals surface area (Å²) in [4.78, 5) is 24.6. The number of carbonyl (C=O) groups excluding carboxylic acids is 2. The van der Waals surface area contributed by atoms with Crippen LogP contribution in [-0.2, 0) is 14.3 Å². The smallest absolute Gasteiger partial charge is 0.305 e. The van der Waals surface area contributed by atoms with E-state index in [4.69, 9.17) is 4.74 Å². The highest BCUT2D eigenvalue weighted by molar-refractivity contribution is 5.76. The number of aliphatic hydroxyl groups excluding tert-OH is 2. The Morgan fingerprint density at radius 2 is 0.577 bits per heavy atom. The van der Waals surface area contributed by atoms with Crippen molar-refractivity contribution in [3.63, 3.8) is 0 Å². The summed E-state index contributed by atoms with van der Waals surface area (Å²) in [5.74, 6) is -0.0213. The standard InChI is InChI=1S/C65H129NO5/c1-3-5-7-9-11-13-15-17-19-21-25-29-33-37-41-45-49-53-57-63(68)62(61-67)66-64(69)58-54-50-46-42-38-34-30-26-23-24-28-32-36-40-44-48-52-56-60-71-65(70)59-55-51-47-43-39-35-31-27-22-20-18-16-14-12-10-8-6-4-2/h62-63,67-68H,3-61H2,1-2H3,(H,66,69). The second-order valence-electron chi connectivity index (χ2n) is 22.8. The predicted octanol–water partition coefficient (Wildman–Crippen LogP) is 20.6. The highest BCUT2D eigenvalue weighted by Gasteiger charge is 2.20. The van der Waals surface area contributed by atoms with E-state index in [1.54, 1.807) is 0 Å². The Morgan fingerprint density at radius 1 is 0.338 bits per heavy atom. The minimum atomic E-state index is -0.666. The highest BCUT2D eigenvalue weighted by atomic mass is 16.5. The van der Waals surface area contributed by atoms with E-state index in [-0.39, 0.29) is 18.5 Å². The van der Waals surface area contributed by atoms with Crippen molar-refractivity contribution in [3.05, 3.63) is 0 Å². The first-order valence-electron chi connectivity index (χ1n) is 32.8. The Bertz CT molecular complexity index is 1020. The second-order valence-corrected chi connectivity index (χ2v) is 22.8. The van der Waals surface area contributed by atoms with Crippen molar-refractivity contribution in [1.82, 2.24) is 5.32 Å². The van der Waals surface area contributed by atoms with Gasteiger partial charge in [-0.05, 0) is 25.7 Å². The number of nitrogens with one attached hydrogen (secondary N) is 1. The Kier molecular flexibility index (Phi) is 60.4. The molecule has 3 N–H and O–H groups in total. The number of hydrogen-bond donors (Lipinski definition) is 3. The summed E-state index contributed by atoms with van der Waals surface area (Å²) in [6, 6.07) is -0.544. The van der Waals surface area contributed by atoms with Crippen molar-refractivity contribution in [2.24, 2.45) is 0 Å². The van der Waals surface area contributed by atoms with Crippen LogP contribution in [0.2, 0.25) is 0 Å². The zero-order valence-corrected chi connectivity index (χ0v) is 48.5. The molecule has 0 aliphatic heterocycles. The molecule has 424 valence electrons. The summed E-state index contributed by atoms with van der Waals surface area (Å²) in [5.41, 5.74) is 0. The molecule has 0 heterocycles. The van der Waals surface area contributed by atoms with E-state index in [1.165, 1.54) is 308 Å². The Labute approximate surface area is 445 Å². The lowest BCUT2D eigenvalue weighted by molar-refractivity contribution is -0.143. The summed E-state index contributed by atoms with van der Waals surface area (Å²) >= 11 is 0. The number of ether oxygens (including phenoxy) is 1. The van der Waals surface area contributed by atoms with Gasteiger partial charge >= 0.3 is 5.97 Å². The zero-order valence-electron chi connectivity index (χ0n) is 48.5. The molecule has 2 atom stereocenters. The van der Waals surface area contributed by atoms with Crippen LogP contribution in [0.3, 0.4) is 0 Å². The largest absolute Gasteiger partial charge is 0.466 e. The molecule has 6 nitrogen and oxygen atoms in total. The van der Waals surface area contributed by atoms with Gasteiger partial charge in [0, 0.05) is 12.8 Å². The molecule has 0 aromatic heterocycles. The van der Waals surface area contributed by atoms with Gasteiger partial charge in [-0.25, -0.2) is 0 Å². The molecular formula is C65H129NO5. The number of carbonyl (C=O) groups is 2. The van der Waals surface area contributed by atoms with Crippen molar-refractivity contribution < 1.29 is 24.5 Å².